The van der Waals surface area contributed by atoms with E-state index < -0.39 is 0 Å². The van der Waals surface area contributed by atoms with Crippen LogP contribution in [-0.4, -0.2) is 11.6 Å². The second-order valence-corrected chi connectivity index (χ2v) is 4.57. The van der Waals surface area contributed by atoms with Gasteiger partial charge in [0.1, 0.15) is 5.60 Å². The molecule has 0 amide bonds. The summed E-state index contributed by atoms with van der Waals surface area (Å²) in [5.74, 6) is 2.87. The fraction of sp³-hybridized carbons (Fsp3) is 0.727. The minimum Gasteiger partial charge on any atom is -0.460 e. The molecule has 0 unspecified atom stereocenters. The third-order valence-electron chi connectivity index (χ3n) is 2.11. The molecule has 0 aromatic rings. The molecule has 13 heavy (non-hydrogen) atoms. The van der Waals surface area contributed by atoms with Gasteiger partial charge in [-0.25, -0.2) is 0 Å². The van der Waals surface area contributed by atoms with Crippen LogP contribution in [0, 0.1) is 24.2 Å². The van der Waals surface area contributed by atoms with Crippen LogP contribution < -0.4 is 0 Å². The molecular weight excluding hydrogens is 164 g/mol. The van der Waals surface area contributed by atoms with Gasteiger partial charge in [0.25, 0.3) is 0 Å². The van der Waals surface area contributed by atoms with E-state index >= 15 is 0 Å². The van der Waals surface area contributed by atoms with Gasteiger partial charge in [-0.05, 0) is 33.6 Å². The van der Waals surface area contributed by atoms with E-state index in [1.165, 1.54) is 0 Å². The zero-order valence-electron chi connectivity index (χ0n) is 8.46. The molecule has 0 heterocycles. The summed E-state index contributed by atoms with van der Waals surface area (Å²) >= 11 is 0. The van der Waals surface area contributed by atoms with Crippen molar-refractivity contribution in [2.75, 3.05) is 0 Å². The maximum absolute atomic E-state index is 11.4. The number of ether oxygens (including phenoxy) is 1. The van der Waals surface area contributed by atoms with E-state index in [0.29, 0.717) is 0 Å². The number of hydrogen-bond donors (Lipinski definition) is 0. The van der Waals surface area contributed by atoms with Gasteiger partial charge in [-0.15, -0.1) is 12.3 Å². The van der Waals surface area contributed by atoms with Crippen molar-refractivity contribution in [2.24, 2.45) is 11.8 Å². The van der Waals surface area contributed by atoms with Crippen LogP contribution in [-0.2, 0) is 9.53 Å². The monoisotopic (exact) mass is 180 g/mol. The van der Waals surface area contributed by atoms with Gasteiger partial charge in [0, 0.05) is 5.92 Å². The number of carbonyl (C=O) groups excluding carboxylic acids is 1. The van der Waals surface area contributed by atoms with Crippen LogP contribution in [0.3, 0.4) is 0 Å². The average molecular weight is 180 g/mol. The molecule has 1 aliphatic carbocycles. The van der Waals surface area contributed by atoms with Crippen LogP contribution in [0.5, 0.6) is 0 Å². The molecular formula is C11H16O2. The van der Waals surface area contributed by atoms with Crippen molar-refractivity contribution < 1.29 is 9.53 Å². The lowest BCUT2D eigenvalue weighted by atomic mass is 9.75. The first-order chi connectivity index (χ1) is 5.92. The van der Waals surface area contributed by atoms with Gasteiger partial charge in [0.15, 0.2) is 0 Å². The van der Waals surface area contributed by atoms with E-state index in [-0.39, 0.29) is 23.4 Å². The number of hydrogen-bond acceptors (Lipinski definition) is 2. The molecule has 0 aromatic carbocycles. The average Bonchev–Trinajstić information content (AvgIpc) is 1.79. The summed E-state index contributed by atoms with van der Waals surface area (Å²) in [5, 5.41) is 0. The minimum atomic E-state index is -0.377. The van der Waals surface area contributed by atoms with Crippen LogP contribution >= 0.6 is 0 Å². The standard InChI is InChI=1S/C11H16O2/c1-5-8-6-9(7-8)10(12)13-11(2,3)4/h1,8-9H,6-7H2,2-4H3. The van der Waals surface area contributed by atoms with E-state index in [2.05, 4.69) is 5.92 Å². The van der Waals surface area contributed by atoms with E-state index in [1.54, 1.807) is 0 Å². The molecule has 72 valence electrons. The number of esters is 1. The molecule has 0 radical (unpaired) electrons. The zero-order valence-corrected chi connectivity index (χ0v) is 8.46. The first kappa shape index (κ1) is 10.1. The van der Waals surface area contributed by atoms with Crippen LogP contribution in [0.15, 0.2) is 0 Å². The SMILES string of the molecule is C#CC1CC(C(=O)OC(C)(C)C)C1. The molecule has 1 rings (SSSR count). The maximum atomic E-state index is 11.4. The van der Waals surface area contributed by atoms with Gasteiger partial charge in [-0.2, -0.15) is 0 Å². The van der Waals surface area contributed by atoms with Crippen molar-refractivity contribution >= 4 is 5.97 Å². The largest absolute Gasteiger partial charge is 0.460 e. The molecule has 1 aliphatic rings. The number of rotatable bonds is 1. The van der Waals surface area contributed by atoms with Crippen molar-refractivity contribution in [3.63, 3.8) is 0 Å². The van der Waals surface area contributed by atoms with E-state index in [1.807, 2.05) is 20.8 Å². The second kappa shape index (κ2) is 3.41. The fourth-order valence-corrected chi connectivity index (χ4v) is 1.33. The summed E-state index contributed by atoms with van der Waals surface area (Å²) in [6.07, 6.45) is 6.82. The van der Waals surface area contributed by atoms with Crippen molar-refractivity contribution in [3.8, 4) is 12.3 Å². The van der Waals surface area contributed by atoms with Crippen molar-refractivity contribution in [1.82, 2.24) is 0 Å². The second-order valence-electron chi connectivity index (χ2n) is 4.57. The summed E-state index contributed by atoms with van der Waals surface area (Å²) in [7, 11) is 0. The maximum Gasteiger partial charge on any atom is 0.309 e. The highest BCUT2D eigenvalue weighted by Crippen LogP contribution is 2.34. The highest BCUT2D eigenvalue weighted by molar-refractivity contribution is 5.74. The lowest BCUT2D eigenvalue weighted by Gasteiger charge is -2.32. The van der Waals surface area contributed by atoms with Gasteiger partial charge >= 0.3 is 5.97 Å². The Labute approximate surface area is 79.7 Å². The van der Waals surface area contributed by atoms with E-state index in [9.17, 15) is 4.79 Å². The Morgan fingerprint density at radius 3 is 2.38 bits per heavy atom. The molecule has 0 saturated heterocycles. The van der Waals surface area contributed by atoms with Crippen LogP contribution in [0.25, 0.3) is 0 Å². The number of terminal acetylenes is 1. The van der Waals surface area contributed by atoms with E-state index in [4.69, 9.17) is 11.2 Å². The Kier molecular flexibility index (Phi) is 2.66. The molecule has 2 heteroatoms. The quantitative estimate of drug-likeness (QED) is 0.455. The third-order valence-corrected chi connectivity index (χ3v) is 2.11. The summed E-state index contributed by atoms with van der Waals surface area (Å²) in [6.45, 7) is 5.63. The molecule has 0 atom stereocenters. The number of carbonyl (C=O) groups is 1. The normalized spacial score (nSPS) is 27.2. The van der Waals surface area contributed by atoms with E-state index in [0.717, 1.165) is 12.8 Å². The molecule has 2 nitrogen and oxygen atoms in total. The molecule has 1 fully saturated rings. The summed E-state index contributed by atoms with van der Waals surface area (Å²) < 4.78 is 5.23. The topological polar surface area (TPSA) is 26.3 Å². The Hall–Kier alpha value is -0.970. The molecule has 0 bridgehead atoms. The third kappa shape index (κ3) is 2.77. The van der Waals surface area contributed by atoms with Gasteiger partial charge in [-0.1, -0.05) is 0 Å². The fourth-order valence-electron chi connectivity index (χ4n) is 1.33. The predicted octanol–water partition coefficient (Wildman–Crippen LogP) is 1.99. The molecule has 1 saturated carbocycles. The minimum absolute atomic E-state index is 0.0419. The van der Waals surface area contributed by atoms with Crippen molar-refractivity contribution in [2.45, 2.75) is 39.2 Å². The Morgan fingerprint density at radius 2 is 2.00 bits per heavy atom. The van der Waals surface area contributed by atoms with Crippen LogP contribution in [0.2, 0.25) is 0 Å². The molecule has 0 N–H and O–H groups in total. The Morgan fingerprint density at radius 1 is 1.46 bits per heavy atom. The first-order valence-corrected chi connectivity index (χ1v) is 4.61. The Balaban J connectivity index is 2.33. The molecule has 0 aromatic heterocycles. The first-order valence-electron chi connectivity index (χ1n) is 4.61. The van der Waals surface area contributed by atoms with Crippen LogP contribution in [0.4, 0.5) is 0 Å². The highest BCUT2D eigenvalue weighted by Gasteiger charge is 2.36. The Bertz CT molecular complexity index is 236. The highest BCUT2D eigenvalue weighted by atomic mass is 16.6. The molecule has 0 spiro atoms. The summed E-state index contributed by atoms with van der Waals surface area (Å²) in [5.41, 5.74) is -0.377. The van der Waals surface area contributed by atoms with Gasteiger partial charge < -0.3 is 4.74 Å². The van der Waals surface area contributed by atoms with Gasteiger partial charge in [0.05, 0.1) is 5.92 Å². The van der Waals surface area contributed by atoms with Gasteiger partial charge in [0.2, 0.25) is 0 Å². The van der Waals surface area contributed by atoms with Crippen molar-refractivity contribution in [1.29, 1.82) is 0 Å². The predicted molar refractivity (Wildman–Crippen MR) is 50.9 cm³/mol. The smallest absolute Gasteiger partial charge is 0.309 e. The van der Waals surface area contributed by atoms with Crippen molar-refractivity contribution in [3.05, 3.63) is 0 Å². The van der Waals surface area contributed by atoms with Crippen LogP contribution in [0.1, 0.15) is 33.6 Å². The van der Waals surface area contributed by atoms with Gasteiger partial charge in [-0.3, -0.25) is 4.79 Å². The lowest BCUT2D eigenvalue weighted by molar-refractivity contribution is -0.164. The lowest BCUT2D eigenvalue weighted by Crippen LogP contribution is -2.35. The summed E-state index contributed by atoms with van der Waals surface area (Å²) in [4.78, 5) is 11.4. The zero-order chi connectivity index (χ0) is 10.1. The summed E-state index contributed by atoms with van der Waals surface area (Å²) in [6, 6.07) is 0. The molecule has 0 aliphatic heterocycles.